The fourth-order valence-corrected chi connectivity index (χ4v) is 3.06. The van der Waals surface area contributed by atoms with Crippen LogP contribution in [0.25, 0.3) is 0 Å². The van der Waals surface area contributed by atoms with E-state index in [1.807, 2.05) is 37.3 Å². The van der Waals surface area contributed by atoms with Crippen molar-refractivity contribution < 1.29 is 14.8 Å². The normalized spacial score (nSPS) is 11.3. The molecule has 31 heavy (non-hydrogen) atoms. The van der Waals surface area contributed by atoms with Gasteiger partial charge in [-0.25, -0.2) is 0 Å². The lowest BCUT2D eigenvalue weighted by atomic mass is 10.1. The molecule has 0 saturated carbocycles. The van der Waals surface area contributed by atoms with Crippen molar-refractivity contribution in [1.29, 1.82) is 0 Å². The predicted molar refractivity (Wildman–Crippen MR) is 126 cm³/mol. The Morgan fingerprint density at radius 1 is 1.13 bits per heavy atom. The number of benzene rings is 2. The molecule has 0 amide bonds. The Morgan fingerprint density at radius 2 is 1.84 bits per heavy atom. The molecule has 1 atom stereocenters. The van der Waals surface area contributed by atoms with Crippen LogP contribution in [0.15, 0.2) is 48.5 Å². The number of hydrogen-bond acceptors (Lipinski definition) is 6. The van der Waals surface area contributed by atoms with E-state index < -0.39 is 10.9 Å². The lowest BCUT2D eigenvalue weighted by Gasteiger charge is -2.17. The second kappa shape index (κ2) is 12.3. The van der Waals surface area contributed by atoms with Crippen LogP contribution in [-0.4, -0.2) is 40.7 Å². The molecule has 2 aromatic carbocycles. The van der Waals surface area contributed by atoms with Crippen LogP contribution in [0, 0.1) is 10.1 Å². The van der Waals surface area contributed by atoms with Gasteiger partial charge in [0, 0.05) is 37.4 Å². The van der Waals surface area contributed by atoms with Gasteiger partial charge in [-0.05, 0) is 43.3 Å². The molecule has 5 N–H and O–H groups in total. The van der Waals surface area contributed by atoms with Crippen LogP contribution in [0.3, 0.4) is 0 Å². The zero-order chi connectivity index (χ0) is 22.6. The first kappa shape index (κ1) is 23.9. The van der Waals surface area contributed by atoms with Crippen LogP contribution in [0.1, 0.15) is 31.4 Å². The Bertz CT molecular complexity index is 895. The highest BCUT2D eigenvalue weighted by Gasteiger charge is 2.15. The number of nitro benzene ring substituents is 1. The predicted octanol–water partition coefficient (Wildman–Crippen LogP) is 3.51. The van der Waals surface area contributed by atoms with E-state index in [1.54, 1.807) is 12.1 Å². The molecule has 0 heterocycles. The summed E-state index contributed by atoms with van der Waals surface area (Å²) >= 11 is 5.07. The number of nitrogens with zero attached hydrogens (tertiary/aromatic N) is 1. The zero-order valence-corrected chi connectivity index (χ0v) is 18.1. The average molecular weight is 446 g/mol. The van der Waals surface area contributed by atoms with Crippen molar-refractivity contribution in [2.24, 2.45) is 0 Å². The number of nitrogens with one attached hydrogen (secondary N) is 4. The van der Waals surface area contributed by atoms with Crippen molar-refractivity contribution in [3.05, 3.63) is 64.2 Å². The summed E-state index contributed by atoms with van der Waals surface area (Å²) in [7, 11) is 0. The summed E-state index contributed by atoms with van der Waals surface area (Å²) in [6.45, 7) is 3.33. The third-order valence-corrected chi connectivity index (χ3v) is 4.74. The van der Waals surface area contributed by atoms with Gasteiger partial charge in [0.2, 0.25) is 0 Å². The van der Waals surface area contributed by atoms with Crippen LogP contribution in [0.5, 0.6) is 0 Å². The summed E-state index contributed by atoms with van der Waals surface area (Å²) < 4.78 is 0. The van der Waals surface area contributed by atoms with Crippen molar-refractivity contribution >= 4 is 40.4 Å². The van der Waals surface area contributed by atoms with Gasteiger partial charge in [0.15, 0.2) is 5.11 Å². The molecule has 0 spiro atoms. The summed E-state index contributed by atoms with van der Waals surface area (Å²) in [6, 6.07) is 14.9. The molecule has 0 aliphatic heterocycles. The number of nitro groups is 1. The van der Waals surface area contributed by atoms with Gasteiger partial charge >= 0.3 is 5.97 Å². The first-order valence-electron chi connectivity index (χ1n) is 9.94. The minimum Gasteiger partial charge on any atom is -0.481 e. The maximum Gasteiger partial charge on any atom is 0.305 e. The summed E-state index contributed by atoms with van der Waals surface area (Å²) in [5.74, 6) is -0.893. The number of rotatable bonds is 12. The molecule has 0 unspecified atom stereocenters. The van der Waals surface area contributed by atoms with E-state index in [-0.39, 0.29) is 24.7 Å². The van der Waals surface area contributed by atoms with Gasteiger partial charge in [0.05, 0.1) is 11.3 Å². The second-order valence-corrected chi connectivity index (χ2v) is 7.28. The van der Waals surface area contributed by atoms with Crippen molar-refractivity contribution in [1.82, 2.24) is 10.6 Å². The van der Waals surface area contributed by atoms with Crippen molar-refractivity contribution in [3.63, 3.8) is 0 Å². The number of carboxylic acids is 1. The topological polar surface area (TPSA) is 129 Å². The van der Waals surface area contributed by atoms with Crippen LogP contribution < -0.4 is 21.3 Å². The molecule has 0 fully saturated rings. The quantitative estimate of drug-likeness (QED) is 0.144. The van der Waals surface area contributed by atoms with Crippen molar-refractivity contribution in [2.75, 3.05) is 30.3 Å². The SMILES string of the molecule is C[C@@H](Nc1ccc([N+](=O)[O-])c(NCCCNC(=S)NCCC(=O)O)c1)c1ccccc1. The van der Waals surface area contributed by atoms with E-state index >= 15 is 0 Å². The number of hydrogen-bond donors (Lipinski definition) is 5. The third kappa shape index (κ3) is 8.47. The molecule has 0 bridgehead atoms. The minimum atomic E-state index is -0.893. The lowest BCUT2D eigenvalue weighted by Crippen LogP contribution is -2.37. The summed E-state index contributed by atoms with van der Waals surface area (Å²) in [4.78, 5) is 21.4. The molecular formula is C21H27N5O4S. The Balaban J connectivity index is 1.86. The minimum absolute atomic E-state index is 0.0109. The number of thiocarbonyl (C=S) groups is 1. The maximum atomic E-state index is 11.4. The van der Waals surface area contributed by atoms with Gasteiger partial charge in [-0.15, -0.1) is 0 Å². The van der Waals surface area contributed by atoms with Gasteiger partial charge in [0.25, 0.3) is 5.69 Å². The van der Waals surface area contributed by atoms with E-state index in [2.05, 4.69) is 21.3 Å². The maximum absolute atomic E-state index is 11.4. The van der Waals surface area contributed by atoms with Gasteiger partial charge in [-0.2, -0.15) is 0 Å². The van der Waals surface area contributed by atoms with Gasteiger partial charge < -0.3 is 26.4 Å². The highest BCUT2D eigenvalue weighted by molar-refractivity contribution is 7.80. The Hall–Kier alpha value is -3.40. The first-order valence-corrected chi connectivity index (χ1v) is 10.3. The molecule has 0 radical (unpaired) electrons. The van der Waals surface area contributed by atoms with E-state index in [9.17, 15) is 14.9 Å². The Kier molecular flexibility index (Phi) is 9.50. The molecule has 0 aliphatic rings. The van der Waals surface area contributed by atoms with Gasteiger partial charge in [-0.3, -0.25) is 14.9 Å². The summed E-state index contributed by atoms with van der Waals surface area (Å²) in [5.41, 5.74) is 2.36. The zero-order valence-electron chi connectivity index (χ0n) is 17.3. The van der Waals surface area contributed by atoms with E-state index in [0.29, 0.717) is 30.3 Å². The van der Waals surface area contributed by atoms with Crippen LogP contribution in [0.2, 0.25) is 0 Å². The fourth-order valence-electron chi connectivity index (χ4n) is 2.86. The van der Waals surface area contributed by atoms with Crippen molar-refractivity contribution in [3.8, 4) is 0 Å². The molecular weight excluding hydrogens is 418 g/mol. The molecule has 2 rings (SSSR count). The lowest BCUT2D eigenvalue weighted by molar-refractivity contribution is -0.383. The first-order chi connectivity index (χ1) is 14.9. The van der Waals surface area contributed by atoms with Crippen LogP contribution in [0.4, 0.5) is 17.1 Å². The average Bonchev–Trinajstić information content (AvgIpc) is 2.73. The van der Waals surface area contributed by atoms with Gasteiger partial charge in [0.1, 0.15) is 5.69 Å². The molecule has 0 saturated heterocycles. The molecule has 0 aromatic heterocycles. The summed E-state index contributed by atoms with van der Waals surface area (Å²) in [5, 5.41) is 32.6. The fraction of sp³-hybridized carbons (Fsp3) is 0.333. The van der Waals surface area contributed by atoms with Gasteiger partial charge in [-0.1, -0.05) is 30.3 Å². The molecule has 10 heteroatoms. The number of carboxylic acid groups (broad SMARTS) is 1. The van der Waals surface area contributed by atoms with Crippen molar-refractivity contribution in [2.45, 2.75) is 25.8 Å². The molecule has 2 aromatic rings. The Morgan fingerprint density at radius 3 is 2.52 bits per heavy atom. The molecule has 0 aliphatic carbocycles. The standard InChI is InChI=1S/C21H27N5O4S/c1-15(16-6-3-2-4-7-16)25-17-8-9-19(26(29)30)18(14-17)22-11-5-12-23-21(31)24-13-10-20(27)28/h2-4,6-9,14-15,22,25H,5,10-13H2,1H3,(H,27,28)(H2,23,24,31)/t15-/m1/s1. The van der Waals surface area contributed by atoms with E-state index in [1.165, 1.54) is 6.07 Å². The number of aliphatic carboxylic acids is 1. The largest absolute Gasteiger partial charge is 0.481 e. The highest BCUT2D eigenvalue weighted by atomic mass is 32.1. The number of anilines is 2. The Labute approximate surface area is 186 Å². The second-order valence-electron chi connectivity index (χ2n) is 6.87. The van der Waals surface area contributed by atoms with E-state index in [0.717, 1.165) is 11.3 Å². The monoisotopic (exact) mass is 445 g/mol. The summed E-state index contributed by atoms with van der Waals surface area (Å²) in [6.07, 6.45) is 0.649. The van der Waals surface area contributed by atoms with Crippen LogP contribution in [-0.2, 0) is 4.79 Å². The van der Waals surface area contributed by atoms with E-state index in [4.69, 9.17) is 17.3 Å². The molecule has 9 nitrogen and oxygen atoms in total. The molecule has 166 valence electrons. The highest BCUT2D eigenvalue weighted by Crippen LogP contribution is 2.29. The third-order valence-electron chi connectivity index (χ3n) is 4.45. The van der Waals surface area contributed by atoms with Crippen LogP contribution >= 0.6 is 12.2 Å². The number of carbonyl (C=O) groups is 1. The smallest absolute Gasteiger partial charge is 0.305 e.